The van der Waals surface area contributed by atoms with E-state index in [0.717, 1.165) is 57.8 Å². The van der Waals surface area contributed by atoms with Crippen molar-refractivity contribution in [1.82, 2.24) is 0 Å². The van der Waals surface area contributed by atoms with Crippen molar-refractivity contribution in [2.24, 2.45) is 34.5 Å². The van der Waals surface area contributed by atoms with Crippen LogP contribution in [-0.4, -0.2) is 35.1 Å². The Labute approximate surface area is 190 Å². The zero-order valence-corrected chi connectivity index (χ0v) is 19.9. The molecule has 0 aromatic carbocycles. The van der Waals surface area contributed by atoms with Gasteiger partial charge in [0.2, 0.25) is 0 Å². The summed E-state index contributed by atoms with van der Waals surface area (Å²) in [6.07, 6.45) is 8.70. The maximum atomic E-state index is 12.3. The Kier molecular flexibility index (Phi) is 6.10. The maximum Gasteiger partial charge on any atom is 0.429 e. The smallest absolute Gasteiger partial charge is 0.393 e. The fraction of sp³-hybridized carbons (Fsp3) is 0.880. The Morgan fingerprint density at radius 2 is 1.41 bits per heavy atom. The molecule has 7 heteroatoms. The van der Waals surface area contributed by atoms with Gasteiger partial charge < -0.3 is 19.3 Å². The van der Waals surface area contributed by atoms with Gasteiger partial charge in [-0.1, -0.05) is 19.8 Å². The predicted molar refractivity (Wildman–Crippen MR) is 115 cm³/mol. The molecule has 32 heavy (non-hydrogen) atoms. The van der Waals surface area contributed by atoms with Crippen molar-refractivity contribution < 1.29 is 33.7 Å². The molecule has 4 aliphatic carbocycles. The molecular weight excluding hydrogens is 412 g/mol. The van der Waals surface area contributed by atoms with Gasteiger partial charge in [0, 0.05) is 20.8 Å². The average Bonchev–Trinajstić information content (AvgIpc) is 3.00. The Morgan fingerprint density at radius 1 is 0.781 bits per heavy atom. The minimum Gasteiger partial charge on any atom is -0.393 e. The van der Waals surface area contributed by atoms with Crippen LogP contribution >= 0.6 is 0 Å². The van der Waals surface area contributed by atoms with E-state index in [2.05, 4.69) is 6.92 Å². The van der Waals surface area contributed by atoms with E-state index in [1.54, 1.807) is 0 Å². The first-order valence-electron chi connectivity index (χ1n) is 12.3. The van der Waals surface area contributed by atoms with Crippen LogP contribution in [0.3, 0.4) is 0 Å². The number of hydrogen-bond acceptors (Lipinski definition) is 7. The standard InChI is InChI=1S/C25H38O7/c1-15(26)30-25(31-16(2)27,32-17(3)28)24-13-6-5-7-18(24)8-9-19-20-10-11-22(29)23(20,4)14-12-21(19)24/h18-22,29H,5-14H2,1-4H3/t18?,19-,20-,21+,22?,23-,24+/m0/s1. The summed E-state index contributed by atoms with van der Waals surface area (Å²) in [7, 11) is 0. The van der Waals surface area contributed by atoms with Crippen LogP contribution in [0.2, 0.25) is 0 Å². The highest BCUT2D eigenvalue weighted by Gasteiger charge is 2.72. The summed E-state index contributed by atoms with van der Waals surface area (Å²) in [6, 6.07) is 0. The van der Waals surface area contributed by atoms with Gasteiger partial charge in [0.25, 0.3) is 0 Å². The maximum absolute atomic E-state index is 12.3. The van der Waals surface area contributed by atoms with Gasteiger partial charge in [-0.2, -0.15) is 0 Å². The summed E-state index contributed by atoms with van der Waals surface area (Å²) in [6.45, 7) is 6.01. The molecule has 0 heterocycles. The van der Waals surface area contributed by atoms with E-state index in [9.17, 15) is 19.5 Å². The lowest BCUT2D eigenvalue weighted by molar-refractivity contribution is -0.412. The molecule has 0 spiro atoms. The summed E-state index contributed by atoms with van der Waals surface area (Å²) >= 11 is 0. The van der Waals surface area contributed by atoms with Gasteiger partial charge in [-0.3, -0.25) is 14.4 Å². The van der Waals surface area contributed by atoms with Gasteiger partial charge in [-0.05, 0) is 80.5 Å². The number of ether oxygens (including phenoxy) is 3. The van der Waals surface area contributed by atoms with Gasteiger partial charge in [0.15, 0.2) is 0 Å². The lowest BCUT2D eigenvalue weighted by Crippen LogP contribution is -2.67. The Bertz CT molecular complexity index is 737. The highest BCUT2D eigenvalue weighted by molar-refractivity contribution is 5.71. The number of esters is 3. The van der Waals surface area contributed by atoms with Crippen LogP contribution in [0.15, 0.2) is 0 Å². The molecule has 4 saturated carbocycles. The summed E-state index contributed by atoms with van der Waals surface area (Å²) in [5.41, 5.74) is -0.886. The molecule has 0 saturated heterocycles. The zero-order valence-electron chi connectivity index (χ0n) is 19.9. The number of carbonyl (C=O) groups excluding carboxylic acids is 3. The van der Waals surface area contributed by atoms with Crippen LogP contribution in [0.25, 0.3) is 0 Å². The summed E-state index contributed by atoms with van der Waals surface area (Å²) in [4.78, 5) is 37.0. The van der Waals surface area contributed by atoms with Crippen molar-refractivity contribution in [3.8, 4) is 0 Å². The highest BCUT2D eigenvalue weighted by Crippen LogP contribution is 2.69. The topological polar surface area (TPSA) is 99.1 Å². The van der Waals surface area contributed by atoms with Crippen LogP contribution in [0.5, 0.6) is 0 Å². The van der Waals surface area contributed by atoms with Gasteiger partial charge in [0.05, 0.1) is 11.5 Å². The first kappa shape index (κ1) is 23.5. The van der Waals surface area contributed by atoms with E-state index >= 15 is 0 Å². The molecule has 0 bridgehead atoms. The highest BCUT2D eigenvalue weighted by atomic mass is 16.9. The Hall–Kier alpha value is -1.63. The molecule has 0 aromatic heterocycles. The average molecular weight is 451 g/mol. The predicted octanol–water partition coefficient (Wildman–Crippen LogP) is 4.10. The monoisotopic (exact) mass is 450 g/mol. The molecule has 0 amide bonds. The largest absolute Gasteiger partial charge is 0.429 e. The van der Waals surface area contributed by atoms with Crippen molar-refractivity contribution >= 4 is 17.9 Å². The van der Waals surface area contributed by atoms with Crippen LogP contribution in [0.1, 0.15) is 91.9 Å². The molecule has 0 radical (unpaired) electrons. The normalized spacial score (nSPS) is 41.0. The van der Waals surface area contributed by atoms with Gasteiger partial charge in [-0.25, -0.2) is 0 Å². The van der Waals surface area contributed by atoms with Crippen molar-refractivity contribution in [3.63, 3.8) is 0 Å². The lowest BCUT2D eigenvalue weighted by atomic mass is 9.43. The Balaban J connectivity index is 1.86. The quantitative estimate of drug-likeness (QED) is 0.508. The first-order chi connectivity index (χ1) is 15.1. The van der Waals surface area contributed by atoms with E-state index in [1.807, 2.05) is 0 Å². The molecular formula is C25H38O7. The molecule has 1 N–H and O–H groups in total. The summed E-state index contributed by atoms with van der Waals surface area (Å²) in [5, 5.41) is 10.8. The van der Waals surface area contributed by atoms with Gasteiger partial charge in [0.1, 0.15) is 0 Å². The van der Waals surface area contributed by atoms with E-state index in [1.165, 1.54) is 20.8 Å². The molecule has 4 aliphatic rings. The molecule has 0 aromatic rings. The number of fused-ring (bicyclic) bond motifs is 5. The molecule has 2 unspecified atom stereocenters. The SMILES string of the molecule is CC(=O)OC(OC(C)=O)(OC(C)=O)[C@]12CCCCC1CC[C@@H]1[C@H]2CC[C@]2(C)C(O)CC[C@@H]12. The number of carbonyl (C=O) groups is 3. The second kappa shape index (κ2) is 8.30. The van der Waals surface area contributed by atoms with Crippen molar-refractivity contribution in [3.05, 3.63) is 0 Å². The van der Waals surface area contributed by atoms with Crippen LogP contribution < -0.4 is 0 Å². The summed E-state index contributed by atoms with van der Waals surface area (Å²) < 4.78 is 17.4. The van der Waals surface area contributed by atoms with Gasteiger partial charge >= 0.3 is 23.9 Å². The second-order valence-electron chi connectivity index (χ2n) is 10.9. The minimum atomic E-state index is -2.05. The number of aliphatic hydroxyl groups excluding tert-OH is 1. The van der Waals surface area contributed by atoms with Crippen LogP contribution in [-0.2, 0) is 28.6 Å². The van der Waals surface area contributed by atoms with Crippen LogP contribution in [0.4, 0.5) is 0 Å². The van der Waals surface area contributed by atoms with E-state index in [4.69, 9.17) is 14.2 Å². The first-order valence-corrected chi connectivity index (χ1v) is 12.3. The van der Waals surface area contributed by atoms with Crippen LogP contribution in [0, 0.1) is 34.5 Å². The molecule has 0 aliphatic heterocycles. The fourth-order valence-electron chi connectivity index (χ4n) is 8.40. The number of hydrogen-bond donors (Lipinski definition) is 1. The number of rotatable bonds is 4. The van der Waals surface area contributed by atoms with Crippen molar-refractivity contribution in [2.75, 3.05) is 0 Å². The molecule has 7 nitrogen and oxygen atoms in total. The third-order valence-electron chi connectivity index (χ3n) is 9.42. The zero-order chi connectivity index (χ0) is 23.3. The molecule has 4 rings (SSSR count). The lowest BCUT2D eigenvalue weighted by Gasteiger charge is -2.63. The summed E-state index contributed by atoms with van der Waals surface area (Å²) in [5.74, 6) is -3.06. The Morgan fingerprint density at radius 3 is 2.00 bits per heavy atom. The van der Waals surface area contributed by atoms with Crippen molar-refractivity contribution in [2.45, 2.75) is 104 Å². The minimum absolute atomic E-state index is 0.0861. The fourth-order valence-corrected chi connectivity index (χ4v) is 8.40. The van der Waals surface area contributed by atoms with E-state index < -0.39 is 29.3 Å². The third-order valence-corrected chi connectivity index (χ3v) is 9.42. The van der Waals surface area contributed by atoms with Crippen molar-refractivity contribution in [1.29, 1.82) is 0 Å². The van der Waals surface area contributed by atoms with E-state index in [0.29, 0.717) is 18.3 Å². The molecule has 7 atom stereocenters. The number of aliphatic hydroxyl groups is 1. The second-order valence-corrected chi connectivity index (χ2v) is 10.9. The van der Waals surface area contributed by atoms with E-state index in [-0.39, 0.29) is 23.4 Å². The van der Waals surface area contributed by atoms with Gasteiger partial charge in [-0.15, -0.1) is 0 Å². The molecule has 4 fully saturated rings. The third kappa shape index (κ3) is 3.46. The molecule has 180 valence electrons.